The lowest BCUT2D eigenvalue weighted by atomic mass is 10.1. The number of aryl methyl sites for hydroxylation is 1. The van der Waals surface area contributed by atoms with E-state index in [9.17, 15) is 4.79 Å². The Balaban J connectivity index is 2.16. The number of rotatable bonds is 6. The third-order valence-electron chi connectivity index (χ3n) is 2.07. The summed E-state index contributed by atoms with van der Waals surface area (Å²) in [6, 6.07) is 0. The molecule has 0 aromatic carbocycles. The number of nitrogens with one attached hydrogen (secondary N) is 1. The van der Waals surface area contributed by atoms with Gasteiger partial charge in [-0.25, -0.2) is 0 Å². The molecular formula is C9H16N4OS. The predicted molar refractivity (Wildman–Crippen MR) is 62.0 cm³/mol. The smallest absolute Gasteiger partial charge is 0.219 e. The third kappa shape index (κ3) is 3.75. The van der Waals surface area contributed by atoms with E-state index in [0.29, 0.717) is 6.42 Å². The number of nitrogens with two attached hydrogens (primary N) is 1. The summed E-state index contributed by atoms with van der Waals surface area (Å²) in [5.41, 5.74) is 6.35. The normalized spacial score (nSPS) is 11.0. The molecule has 3 N–H and O–H groups in total. The highest BCUT2D eigenvalue weighted by molar-refractivity contribution is 7.05. The summed E-state index contributed by atoms with van der Waals surface area (Å²) < 4.78 is 1.79. The Bertz CT molecular complexity index is 329. The number of aromatic nitrogens is 1. The molecule has 0 bridgehead atoms. The molecule has 0 saturated carbocycles. The topological polar surface area (TPSA) is 72.4 Å². The summed E-state index contributed by atoms with van der Waals surface area (Å²) in [5, 5.41) is 8.59. The third-order valence-corrected chi connectivity index (χ3v) is 2.98. The first kappa shape index (κ1) is 11.8. The summed E-state index contributed by atoms with van der Waals surface area (Å²) >= 11 is 1.52. The van der Waals surface area contributed by atoms with Crippen LogP contribution < -0.4 is 11.1 Å². The van der Waals surface area contributed by atoms with Crippen LogP contribution in [0.25, 0.3) is 0 Å². The molecular weight excluding hydrogens is 212 g/mol. The Labute approximate surface area is 93.1 Å². The van der Waals surface area contributed by atoms with E-state index in [4.69, 9.17) is 5.73 Å². The average molecular weight is 228 g/mol. The molecule has 0 fully saturated rings. The minimum atomic E-state index is 0.101. The molecule has 1 aromatic heterocycles. The lowest BCUT2D eigenvalue weighted by Crippen LogP contribution is -2.17. The zero-order chi connectivity index (χ0) is 11.1. The van der Waals surface area contributed by atoms with Gasteiger partial charge in [0.05, 0.1) is 5.69 Å². The van der Waals surface area contributed by atoms with Crippen LogP contribution in [0.3, 0.4) is 0 Å². The summed E-state index contributed by atoms with van der Waals surface area (Å²) in [4.78, 5) is 10.9. The van der Waals surface area contributed by atoms with Crippen molar-refractivity contribution in [1.29, 1.82) is 0 Å². The zero-order valence-electron chi connectivity index (χ0n) is 8.77. The van der Waals surface area contributed by atoms with Gasteiger partial charge in [-0.15, -0.1) is 5.10 Å². The first-order chi connectivity index (χ1) is 7.27. The Morgan fingerprint density at radius 1 is 1.73 bits per heavy atom. The van der Waals surface area contributed by atoms with Gasteiger partial charge >= 0.3 is 0 Å². The lowest BCUT2D eigenvalue weighted by molar-refractivity contribution is -0.120. The van der Waals surface area contributed by atoms with Gasteiger partial charge in [-0.05, 0) is 30.8 Å². The fourth-order valence-corrected chi connectivity index (χ4v) is 1.87. The van der Waals surface area contributed by atoms with Gasteiger partial charge < -0.3 is 11.1 Å². The number of hydrogen-bond donors (Lipinski definition) is 2. The van der Waals surface area contributed by atoms with E-state index in [1.165, 1.54) is 23.6 Å². The first-order valence-corrected chi connectivity index (χ1v) is 5.72. The van der Waals surface area contributed by atoms with Crippen molar-refractivity contribution >= 4 is 23.8 Å². The van der Waals surface area contributed by atoms with Gasteiger partial charge in [0.15, 0.2) is 0 Å². The maximum absolute atomic E-state index is 10.9. The highest BCUT2D eigenvalue weighted by Gasteiger charge is 2.04. The highest BCUT2D eigenvalue weighted by atomic mass is 32.1. The molecule has 5 nitrogen and oxygen atoms in total. The Morgan fingerprint density at radius 3 is 3.07 bits per heavy atom. The van der Waals surface area contributed by atoms with Gasteiger partial charge in [-0.1, -0.05) is 0 Å². The fourth-order valence-electron chi connectivity index (χ4n) is 1.21. The second-order valence-electron chi connectivity index (χ2n) is 3.13. The molecule has 6 heteroatoms. The van der Waals surface area contributed by atoms with Gasteiger partial charge in [-0.3, -0.25) is 4.79 Å². The Morgan fingerprint density at radius 2 is 2.53 bits per heavy atom. The van der Waals surface area contributed by atoms with Crippen LogP contribution in [0.2, 0.25) is 0 Å². The second kappa shape index (κ2) is 6.23. The van der Waals surface area contributed by atoms with Crippen molar-refractivity contribution in [3.63, 3.8) is 0 Å². The predicted octanol–water partition coefficient (Wildman–Crippen LogP) is 0.758. The van der Waals surface area contributed by atoms with Gasteiger partial charge in [0.2, 0.25) is 5.91 Å². The van der Waals surface area contributed by atoms with Crippen molar-refractivity contribution in [3.05, 3.63) is 11.1 Å². The van der Waals surface area contributed by atoms with E-state index >= 15 is 0 Å². The van der Waals surface area contributed by atoms with Crippen LogP contribution in [0.1, 0.15) is 25.0 Å². The van der Waals surface area contributed by atoms with Crippen LogP contribution in [0.5, 0.6) is 0 Å². The summed E-state index contributed by atoms with van der Waals surface area (Å²) in [7, 11) is 1.66. The summed E-state index contributed by atoms with van der Waals surface area (Å²) in [6.45, 7) is 0. The SMILES string of the molecule is CNC(=O)CCCCc1csn1/N=C/N. The van der Waals surface area contributed by atoms with Gasteiger partial charge in [-0.2, -0.15) is 4.07 Å². The lowest BCUT2D eigenvalue weighted by Gasteiger charge is -2.09. The number of carbonyl (C=O) groups excluding carboxylic acids is 1. The average Bonchev–Trinajstić information content (AvgIpc) is 2.23. The number of carbonyl (C=O) groups is 1. The highest BCUT2D eigenvalue weighted by Crippen LogP contribution is 2.14. The van der Waals surface area contributed by atoms with Crippen molar-refractivity contribution in [1.82, 2.24) is 9.38 Å². The second-order valence-corrected chi connectivity index (χ2v) is 3.92. The first-order valence-electron chi connectivity index (χ1n) is 4.88. The molecule has 15 heavy (non-hydrogen) atoms. The Hall–Kier alpha value is -1.30. The standard InChI is InChI=1S/C9H16N4OS/c1-11-9(14)5-3-2-4-8-6-15-13(8)12-7-10/h6-7H,2-5H2,1H3,(H2,10,12)(H,11,14). The van der Waals surface area contributed by atoms with E-state index in [-0.39, 0.29) is 5.91 Å². The van der Waals surface area contributed by atoms with Crippen molar-refractivity contribution in [2.75, 3.05) is 7.05 Å². The minimum absolute atomic E-state index is 0.101. The zero-order valence-corrected chi connectivity index (χ0v) is 9.59. The van der Waals surface area contributed by atoms with Crippen LogP contribution in [0.15, 0.2) is 10.5 Å². The Kier molecular flexibility index (Phi) is 4.89. The summed E-state index contributed by atoms with van der Waals surface area (Å²) in [6.07, 6.45) is 4.72. The molecule has 1 aromatic rings. The molecule has 1 rings (SSSR count). The molecule has 0 aliphatic carbocycles. The van der Waals surface area contributed by atoms with Crippen LogP contribution in [0.4, 0.5) is 0 Å². The minimum Gasteiger partial charge on any atom is -0.388 e. The number of nitrogens with zero attached hydrogens (tertiary/aromatic N) is 2. The quantitative estimate of drug-likeness (QED) is 0.428. The van der Waals surface area contributed by atoms with Crippen molar-refractivity contribution in [2.45, 2.75) is 25.7 Å². The largest absolute Gasteiger partial charge is 0.388 e. The molecule has 0 unspecified atom stereocenters. The molecule has 0 saturated heterocycles. The van der Waals surface area contributed by atoms with E-state index in [0.717, 1.165) is 19.3 Å². The van der Waals surface area contributed by atoms with Crippen molar-refractivity contribution < 1.29 is 4.79 Å². The number of amides is 1. The number of hydrogen-bond acceptors (Lipinski definition) is 3. The van der Waals surface area contributed by atoms with Gasteiger partial charge in [0.1, 0.15) is 6.34 Å². The van der Waals surface area contributed by atoms with Gasteiger partial charge in [0, 0.05) is 18.8 Å². The van der Waals surface area contributed by atoms with E-state index in [1.807, 2.05) is 5.38 Å². The molecule has 0 aliphatic heterocycles. The van der Waals surface area contributed by atoms with Crippen LogP contribution >= 0.6 is 11.5 Å². The molecule has 84 valence electrons. The van der Waals surface area contributed by atoms with Crippen LogP contribution in [-0.2, 0) is 11.2 Å². The van der Waals surface area contributed by atoms with Crippen molar-refractivity contribution in [3.8, 4) is 0 Å². The van der Waals surface area contributed by atoms with Gasteiger partial charge in [0.25, 0.3) is 0 Å². The maximum Gasteiger partial charge on any atom is 0.219 e. The molecule has 0 atom stereocenters. The van der Waals surface area contributed by atoms with E-state index in [1.54, 1.807) is 11.1 Å². The van der Waals surface area contributed by atoms with E-state index < -0.39 is 0 Å². The van der Waals surface area contributed by atoms with Crippen LogP contribution in [0, 0.1) is 0 Å². The maximum atomic E-state index is 10.9. The molecule has 0 aliphatic rings. The summed E-state index contributed by atoms with van der Waals surface area (Å²) in [5.74, 6) is 0.101. The fraction of sp³-hybridized carbons (Fsp3) is 0.556. The van der Waals surface area contributed by atoms with Crippen LogP contribution in [-0.4, -0.2) is 23.4 Å². The molecule has 0 radical (unpaired) electrons. The molecule has 1 heterocycles. The monoisotopic (exact) mass is 228 g/mol. The molecule has 0 spiro atoms. The molecule has 1 amide bonds. The van der Waals surface area contributed by atoms with E-state index in [2.05, 4.69) is 10.4 Å². The van der Waals surface area contributed by atoms with Crippen molar-refractivity contribution in [2.24, 2.45) is 10.8 Å². The number of unbranched alkanes of at least 4 members (excludes halogenated alkanes) is 1.